The van der Waals surface area contributed by atoms with Crippen LogP contribution in [0.2, 0.25) is 5.22 Å². The van der Waals surface area contributed by atoms with Gasteiger partial charge in [-0.05, 0) is 59.6 Å². The summed E-state index contributed by atoms with van der Waals surface area (Å²) in [4.78, 5) is 27.6. The van der Waals surface area contributed by atoms with E-state index in [1.807, 2.05) is 0 Å². The molecule has 0 saturated carbocycles. The van der Waals surface area contributed by atoms with Gasteiger partial charge in [0.1, 0.15) is 11.4 Å². The molecule has 0 aliphatic carbocycles. The lowest BCUT2D eigenvalue weighted by atomic mass is 10.1. The Morgan fingerprint density at radius 3 is 2.69 bits per heavy atom. The Morgan fingerprint density at radius 1 is 1.10 bits per heavy atom. The highest BCUT2D eigenvalue weighted by molar-refractivity contribution is 6.28. The molecule has 0 saturated heterocycles. The van der Waals surface area contributed by atoms with Gasteiger partial charge in [-0.15, -0.1) is 0 Å². The van der Waals surface area contributed by atoms with E-state index >= 15 is 0 Å². The first kappa shape index (κ1) is 18.6. The fourth-order valence-corrected chi connectivity index (χ4v) is 3.02. The number of allylic oxidation sites excluding steroid dienone is 1. The SMILES string of the molecule is O=C(/C=C/c1cccc(O)c1)c1cccc(-n2cc(-c3ccc(Cl)o3)[nH]c2=O)c1. The Bertz CT molecular complexity index is 1280. The van der Waals surface area contributed by atoms with Gasteiger partial charge < -0.3 is 14.5 Å². The maximum Gasteiger partial charge on any atom is 0.330 e. The van der Waals surface area contributed by atoms with Gasteiger partial charge in [-0.3, -0.25) is 9.36 Å². The number of benzene rings is 2. The minimum atomic E-state index is -0.368. The molecule has 144 valence electrons. The average Bonchev–Trinajstić information content (AvgIpc) is 3.32. The molecular weight excluding hydrogens is 392 g/mol. The molecule has 0 spiro atoms. The summed E-state index contributed by atoms with van der Waals surface area (Å²) >= 11 is 5.79. The maximum atomic E-state index is 12.5. The Labute approximate surface area is 170 Å². The molecule has 2 heterocycles. The summed E-state index contributed by atoms with van der Waals surface area (Å²) in [6.07, 6.45) is 4.63. The summed E-state index contributed by atoms with van der Waals surface area (Å²) in [5, 5.41) is 9.72. The van der Waals surface area contributed by atoms with Gasteiger partial charge in [-0.25, -0.2) is 4.79 Å². The number of H-pyrrole nitrogens is 1. The van der Waals surface area contributed by atoms with Crippen LogP contribution in [0.25, 0.3) is 23.2 Å². The van der Waals surface area contributed by atoms with E-state index in [1.165, 1.54) is 10.6 Å². The number of hydrogen-bond acceptors (Lipinski definition) is 4. The van der Waals surface area contributed by atoms with Crippen molar-refractivity contribution in [2.75, 3.05) is 0 Å². The van der Waals surface area contributed by atoms with E-state index < -0.39 is 0 Å². The van der Waals surface area contributed by atoms with Crippen LogP contribution in [0, 0.1) is 0 Å². The van der Waals surface area contributed by atoms with Gasteiger partial charge in [-0.1, -0.05) is 30.3 Å². The number of carbonyl (C=O) groups is 1. The van der Waals surface area contributed by atoms with E-state index in [4.69, 9.17) is 16.0 Å². The Morgan fingerprint density at radius 2 is 1.93 bits per heavy atom. The van der Waals surface area contributed by atoms with Gasteiger partial charge in [0.05, 0.1) is 5.69 Å². The lowest BCUT2D eigenvalue weighted by molar-refractivity contribution is 0.104. The predicted molar refractivity (Wildman–Crippen MR) is 111 cm³/mol. The number of imidazole rings is 1. The minimum Gasteiger partial charge on any atom is -0.508 e. The number of halogens is 1. The number of aromatic nitrogens is 2. The molecule has 4 rings (SSSR count). The van der Waals surface area contributed by atoms with Crippen LogP contribution in [0.5, 0.6) is 5.75 Å². The number of hydrogen-bond donors (Lipinski definition) is 2. The molecule has 0 amide bonds. The number of nitrogens with one attached hydrogen (secondary N) is 1. The third kappa shape index (κ3) is 4.07. The summed E-state index contributed by atoms with van der Waals surface area (Å²) in [6.45, 7) is 0. The van der Waals surface area contributed by atoms with E-state index in [0.717, 1.165) is 0 Å². The van der Waals surface area contributed by atoms with Gasteiger partial charge in [-0.2, -0.15) is 0 Å². The van der Waals surface area contributed by atoms with Crippen molar-refractivity contribution in [2.24, 2.45) is 0 Å². The zero-order valence-corrected chi connectivity index (χ0v) is 15.8. The first-order valence-corrected chi connectivity index (χ1v) is 9.07. The van der Waals surface area contributed by atoms with Crippen LogP contribution in [0.15, 0.2) is 82.1 Å². The number of phenols is 1. The molecule has 6 nitrogen and oxygen atoms in total. The molecule has 2 aromatic heterocycles. The van der Waals surface area contributed by atoms with E-state index in [0.29, 0.717) is 28.3 Å². The van der Waals surface area contributed by atoms with Crippen LogP contribution in [0.3, 0.4) is 0 Å². The normalized spacial score (nSPS) is 11.2. The van der Waals surface area contributed by atoms with Gasteiger partial charge in [0.25, 0.3) is 0 Å². The molecule has 2 N–H and O–H groups in total. The lowest BCUT2D eigenvalue weighted by Gasteiger charge is -2.03. The first-order chi connectivity index (χ1) is 14.0. The van der Waals surface area contributed by atoms with Gasteiger partial charge in [0.15, 0.2) is 16.8 Å². The Kier molecular flexibility index (Phi) is 4.93. The van der Waals surface area contributed by atoms with Crippen molar-refractivity contribution < 1.29 is 14.3 Å². The number of carbonyl (C=O) groups excluding carboxylic acids is 1. The minimum absolute atomic E-state index is 0.127. The van der Waals surface area contributed by atoms with Crippen molar-refractivity contribution in [3.8, 4) is 22.9 Å². The highest BCUT2D eigenvalue weighted by Gasteiger charge is 2.11. The molecule has 0 bridgehead atoms. The predicted octanol–water partition coefficient (Wildman–Crippen LogP) is 4.68. The number of aromatic amines is 1. The number of nitrogens with zero attached hydrogens (tertiary/aromatic N) is 1. The Hall–Kier alpha value is -3.77. The molecule has 0 aliphatic heterocycles. The summed E-state index contributed by atoms with van der Waals surface area (Å²) in [5.41, 5.74) is 1.77. The van der Waals surface area contributed by atoms with E-state index in [-0.39, 0.29) is 22.4 Å². The smallest absolute Gasteiger partial charge is 0.330 e. The molecule has 2 aromatic carbocycles. The quantitative estimate of drug-likeness (QED) is 0.372. The van der Waals surface area contributed by atoms with Gasteiger partial charge in [0.2, 0.25) is 0 Å². The second kappa shape index (κ2) is 7.69. The zero-order chi connectivity index (χ0) is 20.4. The molecule has 0 atom stereocenters. The summed E-state index contributed by atoms with van der Waals surface area (Å²) in [5.74, 6) is 0.339. The third-order valence-electron chi connectivity index (χ3n) is 4.26. The standard InChI is InChI=1S/C22H15ClN2O4/c23-21-10-9-20(29-21)18-13-25(22(28)24-18)16-5-2-4-15(12-16)19(27)8-7-14-3-1-6-17(26)11-14/h1-13,26H,(H,24,28)/b8-7+. The van der Waals surface area contributed by atoms with Crippen molar-refractivity contribution in [3.05, 3.63) is 99.8 Å². The fraction of sp³-hybridized carbons (Fsp3) is 0. The van der Waals surface area contributed by atoms with Crippen molar-refractivity contribution >= 4 is 23.5 Å². The molecule has 0 radical (unpaired) electrons. The van der Waals surface area contributed by atoms with Crippen LogP contribution in [-0.4, -0.2) is 20.4 Å². The summed E-state index contributed by atoms with van der Waals surface area (Å²) < 4.78 is 6.71. The molecule has 0 fully saturated rings. The van der Waals surface area contributed by atoms with Crippen LogP contribution >= 0.6 is 11.6 Å². The van der Waals surface area contributed by atoms with Crippen LogP contribution < -0.4 is 5.69 Å². The summed E-state index contributed by atoms with van der Waals surface area (Å²) in [6, 6.07) is 16.6. The second-order valence-corrected chi connectivity index (χ2v) is 6.66. The number of aromatic hydroxyl groups is 1. The maximum absolute atomic E-state index is 12.5. The fourth-order valence-electron chi connectivity index (χ4n) is 2.88. The first-order valence-electron chi connectivity index (χ1n) is 8.69. The number of furan rings is 1. The van der Waals surface area contributed by atoms with E-state index in [9.17, 15) is 14.7 Å². The third-order valence-corrected chi connectivity index (χ3v) is 4.47. The highest BCUT2D eigenvalue weighted by Crippen LogP contribution is 2.23. The van der Waals surface area contributed by atoms with Crippen LogP contribution in [0.4, 0.5) is 0 Å². The lowest BCUT2D eigenvalue weighted by Crippen LogP contribution is -2.14. The zero-order valence-electron chi connectivity index (χ0n) is 15.0. The largest absolute Gasteiger partial charge is 0.508 e. The van der Waals surface area contributed by atoms with Gasteiger partial charge in [0, 0.05) is 11.8 Å². The van der Waals surface area contributed by atoms with Crippen molar-refractivity contribution in [1.82, 2.24) is 9.55 Å². The number of phenolic OH excluding ortho intramolecular Hbond substituents is 1. The number of rotatable bonds is 5. The topological polar surface area (TPSA) is 88.2 Å². The second-order valence-electron chi connectivity index (χ2n) is 6.29. The molecule has 29 heavy (non-hydrogen) atoms. The van der Waals surface area contributed by atoms with Crippen molar-refractivity contribution in [3.63, 3.8) is 0 Å². The van der Waals surface area contributed by atoms with E-state index in [2.05, 4.69) is 4.98 Å². The average molecular weight is 407 g/mol. The number of ketones is 1. The molecule has 7 heteroatoms. The molecule has 0 unspecified atom stereocenters. The molecule has 4 aromatic rings. The van der Waals surface area contributed by atoms with E-state index in [1.54, 1.807) is 72.9 Å². The van der Waals surface area contributed by atoms with Gasteiger partial charge >= 0.3 is 5.69 Å². The highest BCUT2D eigenvalue weighted by atomic mass is 35.5. The van der Waals surface area contributed by atoms with Crippen LogP contribution in [0.1, 0.15) is 15.9 Å². The van der Waals surface area contributed by atoms with Crippen LogP contribution in [-0.2, 0) is 0 Å². The Balaban J connectivity index is 1.61. The molecular formula is C22H15ClN2O4. The monoisotopic (exact) mass is 406 g/mol. The van der Waals surface area contributed by atoms with Crippen molar-refractivity contribution in [1.29, 1.82) is 0 Å². The van der Waals surface area contributed by atoms with Crippen molar-refractivity contribution in [2.45, 2.75) is 0 Å². The summed E-state index contributed by atoms with van der Waals surface area (Å²) in [7, 11) is 0. The molecule has 0 aliphatic rings.